The third-order valence-electron chi connectivity index (χ3n) is 7.47. The van der Waals surface area contributed by atoms with Gasteiger partial charge in [0, 0.05) is 25.4 Å². The smallest absolute Gasteiger partial charge is 0.174 e. The van der Waals surface area contributed by atoms with Crippen LogP contribution in [-0.4, -0.2) is 31.9 Å². The van der Waals surface area contributed by atoms with Crippen molar-refractivity contribution in [3.63, 3.8) is 0 Å². The third-order valence-corrected chi connectivity index (χ3v) is 7.47. The van der Waals surface area contributed by atoms with Gasteiger partial charge in [0.1, 0.15) is 5.78 Å². The highest BCUT2D eigenvalue weighted by Crippen LogP contribution is 2.65. The van der Waals surface area contributed by atoms with Crippen LogP contribution >= 0.6 is 0 Å². The highest BCUT2D eigenvalue weighted by molar-refractivity contribution is 5.87. The summed E-state index contributed by atoms with van der Waals surface area (Å²) in [5.74, 6) is -0.0497. The van der Waals surface area contributed by atoms with Crippen molar-refractivity contribution in [1.82, 2.24) is 0 Å². The van der Waals surface area contributed by atoms with E-state index in [1.807, 2.05) is 18.2 Å². The van der Waals surface area contributed by atoms with Crippen molar-refractivity contribution in [1.29, 1.82) is 0 Å². The van der Waals surface area contributed by atoms with Crippen molar-refractivity contribution < 1.29 is 19.0 Å². The molecule has 2 saturated carbocycles. The molecule has 0 aromatic heterocycles. The van der Waals surface area contributed by atoms with Gasteiger partial charge in [-0.05, 0) is 37.7 Å². The molecule has 0 radical (unpaired) electrons. The molecule has 1 saturated heterocycles. The molecule has 4 heteroatoms. The summed E-state index contributed by atoms with van der Waals surface area (Å²) in [7, 11) is 1.73. The van der Waals surface area contributed by atoms with Crippen LogP contribution in [0.15, 0.2) is 30.3 Å². The van der Waals surface area contributed by atoms with Gasteiger partial charge in [-0.3, -0.25) is 4.79 Å². The number of methoxy groups -OCH3 is 1. The van der Waals surface area contributed by atoms with Gasteiger partial charge in [0.2, 0.25) is 0 Å². The van der Waals surface area contributed by atoms with Crippen molar-refractivity contribution in [2.45, 2.75) is 57.8 Å². The second kappa shape index (κ2) is 6.43. The lowest BCUT2D eigenvalue weighted by Crippen LogP contribution is -2.63. The molecule has 0 amide bonds. The zero-order valence-corrected chi connectivity index (χ0v) is 16.1. The van der Waals surface area contributed by atoms with Gasteiger partial charge < -0.3 is 14.2 Å². The highest BCUT2D eigenvalue weighted by Gasteiger charge is 2.67. The molecule has 1 spiro atoms. The Labute approximate surface area is 156 Å². The van der Waals surface area contributed by atoms with Crippen LogP contribution < -0.4 is 0 Å². The van der Waals surface area contributed by atoms with Crippen molar-refractivity contribution in [3.05, 3.63) is 35.9 Å². The molecule has 3 aliphatic rings. The monoisotopic (exact) mass is 358 g/mol. The standard InChI is InChI=1S/C22H30O4/c1-20-13-11-18(23)21(2,19(24-3)16-8-5-4-6-9-16)17(20)10-7-12-22(20)25-14-15-26-22/h4-6,8-9,17,19H,7,10-15H2,1-3H3/t17-,19+,20+,21+/m0/s1. The molecule has 0 bridgehead atoms. The summed E-state index contributed by atoms with van der Waals surface area (Å²) in [5, 5.41) is 0. The van der Waals surface area contributed by atoms with E-state index in [0.29, 0.717) is 25.4 Å². The molecule has 142 valence electrons. The van der Waals surface area contributed by atoms with Gasteiger partial charge >= 0.3 is 0 Å². The molecule has 3 fully saturated rings. The van der Waals surface area contributed by atoms with Gasteiger partial charge in [-0.25, -0.2) is 0 Å². The van der Waals surface area contributed by atoms with Crippen LogP contribution in [0.3, 0.4) is 0 Å². The summed E-state index contributed by atoms with van der Waals surface area (Å²) >= 11 is 0. The van der Waals surface area contributed by atoms with Gasteiger partial charge in [-0.2, -0.15) is 0 Å². The molecule has 4 nitrogen and oxygen atoms in total. The van der Waals surface area contributed by atoms with Crippen LogP contribution in [0.2, 0.25) is 0 Å². The topological polar surface area (TPSA) is 44.8 Å². The summed E-state index contributed by atoms with van der Waals surface area (Å²) in [5.41, 5.74) is 0.324. The first-order valence-electron chi connectivity index (χ1n) is 9.87. The number of ether oxygens (including phenoxy) is 3. The predicted molar refractivity (Wildman–Crippen MR) is 98.6 cm³/mol. The van der Waals surface area contributed by atoms with Gasteiger partial charge in [0.15, 0.2) is 5.79 Å². The summed E-state index contributed by atoms with van der Waals surface area (Å²) in [6, 6.07) is 10.2. The Balaban J connectivity index is 1.80. The fraction of sp³-hybridized carbons (Fsp3) is 0.682. The van der Waals surface area contributed by atoms with E-state index in [9.17, 15) is 4.79 Å². The summed E-state index contributed by atoms with van der Waals surface area (Å²) in [4.78, 5) is 13.3. The van der Waals surface area contributed by atoms with Gasteiger partial charge in [-0.15, -0.1) is 0 Å². The average Bonchev–Trinajstić information content (AvgIpc) is 3.12. The molecule has 4 rings (SSSR count). The van der Waals surface area contributed by atoms with Crippen LogP contribution in [-0.2, 0) is 19.0 Å². The molecule has 1 aliphatic heterocycles. The van der Waals surface area contributed by atoms with E-state index in [1.165, 1.54) is 0 Å². The normalized spacial score (nSPS) is 37.5. The number of rotatable bonds is 3. The van der Waals surface area contributed by atoms with Crippen LogP contribution in [0.1, 0.15) is 57.6 Å². The number of fused-ring (bicyclic) bond motifs is 2. The van der Waals surface area contributed by atoms with E-state index in [0.717, 1.165) is 31.2 Å². The van der Waals surface area contributed by atoms with Crippen molar-refractivity contribution in [3.8, 4) is 0 Å². The maximum atomic E-state index is 13.3. The first-order chi connectivity index (χ1) is 12.5. The van der Waals surface area contributed by atoms with Crippen molar-refractivity contribution >= 4 is 5.78 Å². The lowest BCUT2D eigenvalue weighted by Gasteiger charge is -2.61. The number of ketones is 1. The predicted octanol–water partition coefficient (Wildman–Crippen LogP) is 4.29. The fourth-order valence-electron chi connectivity index (χ4n) is 6.18. The SMILES string of the molecule is CO[C@H](c1ccccc1)[C@@]1(C)C(=O)CC[C@]2(C)[C@@H]1CCCC21OCCO1. The minimum atomic E-state index is -0.578. The largest absolute Gasteiger partial charge is 0.376 e. The van der Waals surface area contributed by atoms with E-state index in [4.69, 9.17) is 14.2 Å². The van der Waals surface area contributed by atoms with Crippen LogP contribution in [0.5, 0.6) is 0 Å². The molecule has 0 unspecified atom stereocenters. The zero-order valence-electron chi connectivity index (χ0n) is 16.1. The molecular weight excluding hydrogens is 328 g/mol. The number of carbonyl (C=O) groups excluding carboxylic acids is 1. The highest BCUT2D eigenvalue weighted by atomic mass is 16.7. The van der Waals surface area contributed by atoms with E-state index >= 15 is 0 Å². The molecule has 0 N–H and O–H groups in total. The van der Waals surface area contributed by atoms with Gasteiger partial charge in [0.25, 0.3) is 0 Å². The van der Waals surface area contributed by atoms with Crippen molar-refractivity contribution in [2.75, 3.05) is 20.3 Å². The molecule has 2 aliphatic carbocycles. The van der Waals surface area contributed by atoms with E-state index in [-0.39, 0.29) is 17.4 Å². The molecule has 1 aromatic carbocycles. The third kappa shape index (κ3) is 2.35. The lowest BCUT2D eigenvalue weighted by molar-refractivity contribution is -0.292. The Kier molecular flexibility index (Phi) is 4.49. The van der Waals surface area contributed by atoms with Crippen LogP contribution in [0.4, 0.5) is 0 Å². The first kappa shape index (κ1) is 18.1. The number of benzene rings is 1. The van der Waals surface area contributed by atoms with Crippen molar-refractivity contribution in [2.24, 2.45) is 16.7 Å². The fourth-order valence-corrected chi connectivity index (χ4v) is 6.18. The first-order valence-corrected chi connectivity index (χ1v) is 9.87. The molecule has 4 atom stereocenters. The maximum absolute atomic E-state index is 13.3. The van der Waals surface area contributed by atoms with Crippen LogP contribution in [0, 0.1) is 16.7 Å². The number of carbonyl (C=O) groups is 1. The average molecular weight is 358 g/mol. The van der Waals surface area contributed by atoms with E-state index in [2.05, 4.69) is 26.0 Å². The second-order valence-corrected chi connectivity index (χ2v) is 8.54. The Morgan fingerprint density at radius 3 is 2.46 bits per heavy atom. The Morgan fingerprint density at radius 1 is 1.12 bits per heavy atom. The molecule has 1 heterocycles. The van der Waals surface area contributed by atoms with E-state index < -0.39 is 11.2 Å². The minimum Gasteiger partial charge on any atom is -0.376 e. The summed E-state index contributed by atoms with van der Waals surface area (Å²) < 4.78 is 18.4. The Morgan fingerprint density at radius 2 is 1.81 bits per heavy atom. The van der Waals surface area contributed by atoms with E-state index in [1.54, 1.807) is 7.11 Å². The summed E-state index contributed by atoms with van der Waals surface area (Å²) in [6.45, 7) is 5.70. The Hall–Kier alpha value is -1.23. The number of Topliss-reactive ketones (excluding diaryl/α,β-unsaturated/α-hetero) is 1. The van der Waals surface area contributed by atoms with Crippen LogP contribution in [0.25, 0.3) is 0 Å². The zero-order chi connectivity index (χ0) is 18.4. The lowest BCUT2D eigenvalue weighted by atomic mass is 9.47. The molecule has 26 heavy (non-hydrogen) atoms. The number of hydrogen-bond acceptors (Lipinski definition) is 4. The maximum Gasteiger partial charge on any atom is 0.174 e. The van der Waals surface area contributed by atoms with Gasteiger partial charge in [0.05, 0.1) is 24.7 Å². The minimum absolute atomic E-state index is 0.171. The number of hydrogen-bond donors (Lipinski definition) is 0. The molecular formula is C22H30O4. The quantitative estimate of drug-likeness (QED) is 0.808. The van der Waals surface area contributed by atoms with Gasteiger partial charge in [-0.1, -0.05) is 37.3 Å². The molecule has 1 aromatic rings. The summed E-state index contributed by atoms with van der Waals surface area (Å²) in [6.07, 6.45) is 4.10. The Bertz CT molecular complexity index is 666. The second-order valence-electron chi connectivity index (χ2n) is 8.54.